The van der Waals surface area contributed by atoms with E-state index in [-0.39, 0.29) is 0 Å². The van der Waals surface area contributed by atoms with Gasteiger partial charge in [0.2, 0.25) is 0 Å². The molecule has 2 saturated heterocycles. The molecule has 7 heteroatoms. The van der Waals surface area contributed by atoms with Crippen molar-refractivity contribution in [3.63, 3.8) is 0 Å². The Balaban J connectivity index is 1.92. The summed E-state index contributed by atoms with van der Waals surface area (Å²) in [6.45, 7) is 7.82. The molecule has 2 aliphatic heterocycles. The molecule has 2 fully saturated rings. The number of carbonyl (C=O) groups excluding carboxylic acids is 1. The largest absolute Gasteiger partial charge is 0.453 e. The molecule has 0 aromatic heterocycles. The van der Waals surface area contributed by atoms with Gasteiger partial charge in [0.05, 0.1) is 19.7 Å². The lowest BCUT2D eigenvalue weighted by molar-refractivity contribution is -0.205. The molecule has 0 bridgehead atoms. The van der Waals surface area contributed by atoms with Crippen molar-refractivity contribution in [1.82, 2.24) is 4.90 Å². The fourth-order valence-electron chi connectivity index (χ4n) is 3.28. The van der Waals surface area contributed by atoms with Crippen LogP contribution < -0.4 is 0 Å². The Morgan fingerprint density at radius 1 is 1.40 bits per heavy atom. The number of nitrogens with zero attached hydrogens (tertiary/aromatic N) is 1. The minimum Gasteiger partial charge on any atom is -0.453 e. The molecule has 0 spiro atoms. The van der Waals surface area contributed by atoms with Crippen molar-refractivity contribution >= 4 is 22.0 Å². The number of amides is 1. The third kappa shape index (κ3) is 3.60. The molecule has 2 heterocycles. The lowest BCUT2D eigenvalue weighted by Gasteiger charge is -2.33. The molecule has 0 radical (unpaired) electrons. The molecule has 25 heavy (non-hydrogen) atoms. The van der Waals surface area contributed by atoms with Crippen LogP contribution in [0, 0.1) is 0 Å². The fraction of sp³-hybridized carbons (Fsp3) is 0.500. The van der Waals surface area contributed by atoms with Crippen molar-refractivity contribution in [1.29, 1.82) is 0 Å². The van der Waals surface area contributed by atoms with E-state index < -0.39 is 36.4 Å². The van der Waals surface area contributed by atoms with Crippen molar-refractivity contribution in [3.05, 3.63) is 47.0 Å². The van der Waals surface area contributed by atoms with E-state index in [0.29, 0.717) is 6.54 Å². The molecule has 4 atom stereocenters. The Morgan fingerprint density at radius 3 is 2.76 bits per heavy atom. The summed E-state index contributed by atoms with van der Waals surface area (Å²) in [7, 11) is 1.36. The summed E-state index contributed by atoms with van der Waals surface area (Å²) in [6.07, 6.45) is -0.162. The maximum Gasteiger partial charge on any atom is 0.410 e. The number of fused-ring (bicyclic) bond motifs is 1. The summed E-state index contributed by atoms with van der Waals surface area (Å²) in [5.74, 6) is -0.769. The number of hydrogen-bond acceptors (Lipinski definition) is 5. The van der Waals surface area contributed by atoms with Gasteiger partial charge in [0, 0.05) is 4.47 Å². The molecule has 0 N–H and O–H groups in total. The number of rotatable bonds is 4. The summed E-state index contributed by atoms with van der Waals surface area (Å²) in [5.41, 5.74) is 0.956. The quantitative estimate of drug-likeness (QED) is 0.710. The molecule has 1 aromatic rings. The number of benzene rings is 1. The van der Waals surface area contributed by atoms with Gasteiger partial charge in [-0.05, 0) is 25.5 Å². The van der Waals surface area contributed by atoms with Crippen LogP contribution in [0.5, 0.6) is 0 Å². The van der Waals surface area contributed by atoms with Crippen LogP contribution in [0.4, 0.5) is 4.79 Å². The van der Waals surface area contributed by atoms with Gasteiger partial charge in [-0.3, -0.25) is 4.90 Å². The van der Waals surface area contributed by atoms with E-state index >= 15 is 0 Å². The molecular formula is C18H22BrNO5. The second kappa shape index (κ2) is 7.07. The van der Waals surface area contributed by atoms with Crippen LogP contribution in [0.15, 0.2) is 41.4 Å². The van der Waals surface area contributed by atoms with Gasteiger partial charge in [0.1, 0.15) is 12.2 Å². The molecule has 136 valence electrons. The van der Waals surface area contributed by atoms with Crippen LogP contribution in [-0.2, 0) is 25.5 Å². The van der Waals surface area contributed by atoms with Crippen molar-refractivity contribution in [3.8, 4) is 0 Å². The van der Waals surface area contributed by atoms with Crippen molar-refractivity contribution in [2.75, 3.05) is 7.11 Å². The van der Waals surface area contributed by atoms with Crippen LogP contribution in [0.1, 0.15) is 19.4 Å². The van der Waals surface area contributed by atoms with Crippen molar-refractivity contribution in [2.45, 2.75) is 50.7 Å². The lowest BCUT2D eigenvalue weighted by atomic mass is 10.0. The molecule has 6 nitrogen and oxygen atoms in total. The van der Waals surface area contributed by atoms with E-state index in [1.165, 1.54) is 7.11 Å². The van der Waals surface area contributed by atoms with Crippen LogP contribution in [0.3, 0.4) is 0 Å². The van der Waals surface area contributed by atoms with Gasteiger partial charge in [0.15, 0.2) is 12.1 Å². The maximum absolute atomic E-state index is 12.5. The summed E-state index contributed by atoms with van der Waals surface area (Å²) in [5, 5.41) is 0. The minimum absolute atomic E-state index is 0.347. The number of methoxy groups -OCH3 is 1. The highest BCUT2D eigenvalue weighted by atomic mass is 79.9. The molecule has 1 amide bonds. The maximum atomic E-state index is 12.5. The first-order valence-electron chi connectivity index (χ1n) is 8.08. The van der Waals surface area contributed by atoms with Gasteiger partial charge in [-0.2, -0.15) is 0 Å². The van der Waals surface area contributed by atoms with E-state index in [9.17, 15) is 4.79 Å². The molecule has 0 aliphatic carbocycles. The van der Waals surface area contributed by atoms with E-state index in [1.807, 2.05) is 38.1 Å². The standard InChI is InChI=1S/C18H22BrNO5/c1-5-13-14(15-16(23-13)25-18(2,3)24-15)20(17(21)22-4)10-11-8-6-7-9-12(11)19/h5-9,13-16H,1,10H2,2-4H3/t13-,14-,15?,16?/m1/s1. The number of hydrogen-bond donors (Lipinski definition) is 0. The topological polar surface area (TPSA) is 57.2 Å². The molecule has 1 aromatic carbocycles. The van der Waals surface area contributed by atoms with Gasteiger partial charge >= 0.3 is 6.09 Å². The number of ether oxygens (including phenoxy) is 4. The molecular weight excluding hydrogens is 390 g/mol. The summed E-state index contributed by atoms with van der Waals surface area (Å²) in [6, 6.07) is 7.33. The first-order valence-corrected chi connectivity index (χ1v) is 8.87. The van der Waals surface area contributed by atoms with Gasteiger partial charge < -0.3 is 18.9 Å². The fourth-order valence-corrected chi connectivity index (χ4v) is 3.70. The Bertz CT molecular complexity index is 665. The van der Waals surface area contributed by atoms with E-state index in [2.05, 4.69) is 22.5 Å². The third-order valence-electron chi connectivity index (χ3n) is 4.35. The summed E-state index contributed by atoms with van der Waals surface area (Å²) < 4.78 is 23.6. The van der Waals surface area contributed by atoms with Gasteiger partial charge in [-0.15, -0.1) is 6.58 Å². The summed E-state index contributed by atoms with van der Waals surface area (Å²) >= 11 is 3.52. The molecule has 2 aliphatic rings. The average molecular weight is 412 g/mol. The average Bonchev–Trinajstić information content (AvgIpc) is 3.04. The van der Waals surface area contributed by atoms with Crippen LogP contribution in [0.25, 0.3) is 0 Å². The van der Waals surface area contributed by atoms with Crippen molar-refractivity contribution < 1.29 is 23.7 Å². The Labute approximate surface area is 155 Å². The summed E-state index contributed by atoms with van der Waals surface area (Å²) in [4.78, 5) is 14.1. The first-order chi connectivity index (χ1) is 11.9. The number of halogens is 1. The molecule has 3 rings (SSSR count). The van der Waals surface area contributed by atoms with Crippen molar-refractivity contribution in [2.24, 2.45) is 0 Å². The van der Waals surface area contributed by atoms with Gasteiger partial charge in [0.25, 0.3) is 0 Å². The third-order valence-corrected chi connectivity index (χ3v) is 5.13. The van der Waals surface area contributed by atoms with E-state index in [4.69, 9.17) is 18.9 Å². The van der Waals surface area contributed by atoms with Crippen LogP contribution >= 0.6 is 15.9 Å². The Hall–Kier alpha value is -1.41. The zero-order chi connectivity index (χ0) is 18.2. The second-order valence-corrected chi connectivity index (χ2v) is 7.34. The van der Waals surface area contributed by atoms with Crippen LogP contribution in [-0.4, -0.2) is 48.4 Å². The predicted octanol–water partition coefficient (Wildman–Crippen LogP) is 3.45. The minimum atomic E-state index is -0.769. The number of carbonyl (C=O) groups is 1. The van der Waals surface area contributed by atoms with Crippen LogP contribution in [0.2, 0.25) is 0 Å². The Morgan fingerprint density at radius 2 is 2.12 bits per heavy atom. The molecule has 2 unspecified atom stereocenters. The van der Waals surface area contributed by atoms with Gasteiger partial charge in [-0.1, -0.05) is 40.2 Å². The normalized spacial score (nSPS) is 29.9. The van der Waals surface area contributed by atoms with Gasteiger partial charge in [-0.25, -0.2) is 4.79 Å². The monoisotopic (exact) mass is 411 g/mol. The predicted molar refractivity (Wildman–Crippen MR) is 94.8 cm³/mol. The second-order valence-electron chi connectivity index (χ2n) is 6.48. The SMILES string of the molecule is C=C[C@H]1OC2OC(C)(C)OC2[C@@H]1N(Cc1ccccc1Br)C(=O)OC. The highest BCUT2D eigenvalue weighted by Gasteiger charge is 2.56. The zero-order valence-electron chi connectivity index (χ0n) is 14.5. The zero-order valence-corrected chi connectivity index (χ0v) is 16.1. The lowest BCUT2D eigenvalue weighted by Crippen LogP contribution is -2.50. The highest BCUT2D eigenvalue weighted by molar-refractivity contribution is 9.10. The van der Waals surface area contributed by atoms with E-state index in [0.717, 1.165) is 10.0 Å². The highest BCUT2D eigenvalue weighted by Crippen LogP contribution is 2.40. The first kappa shape index (κ1) is 18.4. The molecule has 0 saturated carbocycles. The van der Waals surface area contributed by atoms with E-state index in [1.54, 1.807) is 11.0 Å². The smallest absolute Gasteiger partial charge is 0.410 e. The Kier molecular flexibility index (Phi) is 5.20.